The van der Waals surface area contributed by atoms with Gasteiger partial charge < -0.3 is 24.8 Å². The number of rotatable bonds is 5. The van der Waals surface area contributed by atoms with Gasteiger partial charge in [0.25, 0.3) is 0 Å². The summed E-state index contributed by atoms with van der Waals surface area (Å²) < 4.78 is 2.46. The number of halogens is 2. The Labute approximate surface area is 249 Å². The van der Waals surface area contributed by atoms with Crippen molar-refractivity contribution in [2.75, 3.05) is 0 Å². The van der Waals surface area contributed by atoms with Crippen LogP contribution in [0.5, 0.6) is 0 Å². The van der Waals surface area contributed by atoms with E-state index in [1.54, 1.807) is 22.3 Å². The minimum atomic E-state index is -2.14. The Hall–Kier alpha value is -1.96. The quantitative estimate of drug-likeness (QED) is 0.297. The van der Waals surface area contributed by atoms with Crippen molar-refractivity contribution in [3.8, 4) is 11.1 Å². The maximum Gasteiger partial charge on any atom is -1.00 e. The first-order valence-corrected chi connectivity index (χ1v) is 23.0. The van der Waals surface area contributed by atoms with Crippen molar-refractivity contribution in [1.29, 1.82) is 0 Å². The Morgan fingerprint density at radius 2 is 1.18 bits per heavy atom. The zero-order valence-corrected chi connectivity index (χ0v) is 27.5. The van der Waals surface area contributed by atoms with E-state index < -0.39 is 26.8 Å². The van der Waals surface area contributed by atoms with Crippen molar-refractivity contribution in [2.24, 2.45) is 0 Å². The molecule has 191 valence electrons. The summed E-state index contributed by atoms with van der Waals surface area (Å²) in [5.74, 6) is -0.353. The van der Waals surface area contributed by atoms with E-state index in [1.165, 1.54) is 27.8 Å². The summed E-state index contributed by atoms with van der Waals surface area (Å²) in [6.45, 7) is 10.2. The molecule has 2 aliphatic rings. The summed E-state index contributed by atoms with van der Waals surface area (Å²) in [6.07, 6.45) is 2.57. The van der Waals surface area contributed by atoms with Gasteiger partial charge in [0, 0.05) is 0 Å². The maximum absolute atomic E-state index is 2.65. The van der Waals surface area contributed by atoms with Gasteiger partial charge in [-0.3, -0.25) is 0 Å². The van der Waals surface area contributed by atoms with Crippen molar-refractivity contribution in [3.63, 3.8) is 0 Å². The van der Waals surface area contributed by atoms with Gasteiger partial charge >= 0.3 is 226 Å². The molecule has 4 heteroatoms. The summed E-state index contributed by atoms with van der Waals surface area (Å²) in [4.78, 5) is 0. The van der Waals surface area contributed by atoms with Gasteiger partial charge in [-0.05, 0) is 0 Å². The Morgan fingerprint density at radius 1 is 0.632 bits per heavy atom. The van der Waals surface area contributed by atoms with E-state index >= 15 is 0 Å². The van der Waals surface area contributed by atoms with Gasteiger partial charge in [-0.15, -0.1) is 0 Å². The second-order valence-electron chi connectivity index (χ2n) is 10.5. The van der Waals surface area contributed by atoms with Crippen LogP contribution in [0.15, 0.2) is 106 Å². The molecule has 0 spiro atoms. The minimum Gasteiger partial charge on any atom is -1.00 e. The van der Waals surface area contributed by atoms with Crippen molar-refractivity contribution < 1.29 is 45.7 Å². The normalized spacial score (nSPS) is 17.3. The fourth-order valence-corrected chi connectivity index (χ4v) is 28.9. The summed E-state index contributed by atoms with van der Waals surface area (Å²) in [6, 6.07) is 38.5. The molecule has 4 aromatic carbocycles. The molecular formula is C34H33Cl2SiZr. The van der Waals surface area contributed by atoms with Crippen LogP contribution in [0.2, 0.25) is 13.1 Å². The average Bonchev–Trinajstić information content (AvgIpc) is 3.41. The largest absolute Gasteiger partial charge is 1.00 e. The average molecular weight is 632 g/mol. The molecular weight excluding hydrogens is 599 g/mol. The van der Waals surface area contributed by atoms with Crippen molar-refractivity contribution in [1.82, 2.24) is 0 Å². The molecule has 2 atom stereocenters. The number of benzene rings is 4. The standard InChI is InChI=1S/C21H15.C11H11.C2H7Si.2ClH.Zr/c1-3-8-16(9-4-1)19-14-18-12-7-13-20(21(18)15-19)17-10-5-2-6-11-17;1-8-7-9(2)11-6-4-3-5-10(8)11;1-3-2;;;/h1-15H;3-6,8H,1-2H3;3H,1-2H3;2*1H;/q;;;;;+2/p-2. The van der Waals surface area contributed by atoms with Crippen LogP contribution in [0.1, 0.15) is 51.2 Å². The van der Waals surface area contributed by atoms with Crippen LogP contribution in [-0.4, -0.2) is 5.92 Å². The van der Waals surface area contributed by atoms with Crippen LogP contribution in [0, 0.1) is 0 Å². The van der Waals surface area contributed by atoms with Crippen LogP contribution in [-0.2, 0) is 20.9 Å². The molecule has 6 rings (SSSR count). The minimum absolute atomic E-state index is 0. The van der Waals surface area contributed by atoms with Crippen molar-refractivity contribution >= 4 is 23.1 Å². The Kier molecular flexibility index (Phi) is 9.21. The molecule has 2 aliphatic carbocycles. The maximum atomic E-state index is 2.65. The van der Waals surface area contributed by atoms with E-state index in [4.69, 9.17) is 0 Å². The molecule has 4 aromatic rings. The Bertz CT molecular complexity index is 1490. The molecule has 2 unspecified atom stereocenters. The molecule has 0 aliphatic heterocycles. The fraction of sp³-hybridized carbons (Fsp3) is 0.176. The van der Waals surface area contributed by atoms with Crippen molar-refractivity contribution in [3.05, 3.63) is 134 Å². The predicted octanol–water partition coefficient (Wildman–Crippen LogP) is 3.11. The fourth-order valence-electron chi connectivity index (χ4n) is 6.60. The van der Waals surface area contributed by atoms with Gasteiger partial charge in [-0.1, -0.05) is 0 Å². The first-order valence-electron chi connectivity index (χ1n) is 13.2. The molecule has 0 aromatic heterocycles. The third-order valence-corrected chi connectivity index (χ3v) is 29.0. The topological polar surface area (TPSA) is 0 Å². The van der Waals surface area contributed by atoms with Crippen LogP contribution < -0.4 is 24.8 Å². The first kappa shape index (κ1) is 29.0. The van der Waals surface area contributed by atoms with Gasteiger partial charge in [-0.2, -0.15) is 0 Å². The van der Waals surface area contributed by atoms with Gasteiger partial charge in [-0.25, -0.2) is 0 Å². The Balaban J connectivity index is 0.00000168. The number of allylic oxidation sites excluding steroid dienone is 3. The molecule has 0 saturated carbocycles. The van der Waals surface area contributed by atoms with Crippen LogP contribution in [0.4, 0.5) is 0 Å². The third-order valence-electron chi connectivity index (χ3n) is 8.17. The molecule has 38 heavy (non-hydrogen) atoms. The van der Waals surface area contributed by atoms with Gasteiger partial charge in [0.05, 0.1) is 0 Å². The van der Waals surface area contributed by atoms with E-state index in [-0.39, 0.29) is 24.8 Å². The molecule has 0 nitrogen and oxygen atoms in total. The van der Waals surface area contributed by atoms with Crippen LogP contribution in [0.25, 0.3) is 28.3 Å². The van der Waals surface area contributed by atoms with E-state index in [2.05, 4.69) is 136 Å². The van der Waals surface area contributed by atoms with Gasteiger partial charge in [0.2, 0.25) is 0 Å². The number of hydrogen-bond donors (Lipinski definition) is 0. The smallest absolute Gasteiger partial charge is 1.00 e. The zero-order chi connectivity index (χ0) is 24.8. The SMILES string of the molecule is CC1=[C]([Zr+2]([CH]2C(c3ccccc3)=Cc3c(-c4ccccc4)cccc32)[SiH](C)C)C(C)c2ccccc21.[Cl-].[Cl-]. The van der Waals surface area contributed by atoms with E-state index in [0.29, 0.717) is 9.54 Å². The molecule has 0 saturated heterocycles. The van der Waals surface area contributed by atoms with Crippen LogP contribution in [0.3, 0.4) is 0 Å². The zero-order valence-electron chi connectivity index (χ0n) is 22.4. The summed E-state index contributed by atoms with van der Waals surface area (Å²) in [5, 5.41) is 0. The number of fused-ring (bicyclic) bond motifs is 2. The monoisotopic (exact) mass is 629 g/mol. The second kappa shape index (κ2) is 12.1. The van der Waals surface area contributed by atoms with Crippen LogP contribution >= 0.6 is 0 Å². The molecule has 0 bridgehead atoms. The third kappa shape index (κ3) is 4.90. The van der Waals surface area contributed by atoms with E-state index in [0.717, 1.165) is 0 Å². The molecule has 0 fully saturated rings. The Morgan fingerprint density at radius 3 is 1.82 bits per heavy atom. The van der Waals surface area contributed by atoms with E-state index in [9.17, 15) is 0 Å². The molecule has 0 amide bonds. The van der Waals surface area contributed by atoms with Gasteiger partial charge in [0.1, 0.15) is 0 Å². The number of hydrogen-bond acceptors (Lipinski definition) is 0. The molecule has 0 radical (unpaired) electrons. The summed E-state index contributed by atoms with van der Waals surface area (Å²) in [5.41, 5.74) is 13.4. The van der Waals surface area contributed by atoms with Crippen molar-refractivity contribution in [2.45, 2.75) is 36.5 Å². The molecule has 0 N–H and O–H groups in total. The first-order chi connectivity index (χ1) is 17.6. The second-order valence-corrected chi connectivity index (χ2v) is 30.0. The predicted molar refractivity (Wildman–Crippen MR) is 155 cm³/mol. The van der Waals surface area contributed by atoms with E-state index in [1.807, 2.05) is 3.28 Å². The summed E-state index contributed by atoms with van der Waals surface area (Å²) in [7, 11) is 0. The van der Waals surface area contributed by atoms with Gasteiger partial charge in [0.15, 0.2) is 0 Å². The summed E-state index contributed by atoms with van der Waals surface area (Å²) >= 11 is -2.14. The molecule has 0 heterocycles.